The molecule has 0 atom stereocenters. The molecule has 0 radical (unpaired) electrons. The topological polar surface area (TPSA) is 50.2 Å². The van der Waals surface area contributed by atoms with Gasteiger partial charge in [0.05, 0.1) is 17.5 Å². The average molecular weight is 283 g/mol. The van der Waals surface area contributed by atoms with Crippen LogP contribution < -0.4 is 0 Å². The van der Waals surface area contributed by atoms with Crippen LogP contribution in [-0.2, 0) is 17.4 Å². The molecular formula is C14H12F3NO2. The van der Waals surface area contributed by atoms with Crippen molar-refractivity contribution in [3.63, 3.8) is 0 Å². The second kappa shape index (κ2) is 5.11. The molecular weight excluding hydrogens is 271 g/mol. The summed E-state index contributed by atoms with van der Waals surface area (Å²) in [5, 5.41) is 9.06. The molecule has 0 amide bonds. The summed E-state index contributed by atoms with van der Waals surface area (Å²) in [6, 6.07) is 5.53. The highest BCUT2D eigenvalue weighted by atomic mass is 19.4. The fourth-order valence-corrected chi connectivity index (χ4v) is 2.08. The van der Waals surface area contributed by atoms with E-state index in [0.29, 0.717) is 16.6 Å². The Bertz CT molecular complexity index is 665. The molecule has 1 aromatic carbocycles. The van der Waals surface area contributed by atoms with Crippen molar-refractivity contribution in [1.82, 2.24) is 4.98 Å². The first-order valence-corrected chi connectivity index (χ1v) is 5.97. The molecule has 0 aliphatic rings. The number of alkyl halides is 3. The van der Waals surface area contributed by atoms with Gasteiger partial charge in [-0.15, -0.1) is 0 Å². The van der Waals surface area contributed by atoms with Gasteiger partial charge in [-0.05, 0) is 24.6 Å². The molecule has 1 aromatic heterocycles. The lowest BCUT2D eigenvalue weighted by atomic mass is 10.0. The minimum absolute atomic E-state index is 0.109. The maximum atomic E-state index is 13.0. The van der Waals surface area contributed by atoms with Gasteiger partial charge in [-0.25, -0.2) is 0 Å². The molecule has 0 saturated heterocycles. The van der Waals surface area contributed by atoms with E-state index in [4.69, 9.17) is 5.11 Å². The van der Waals surface area contributed by atoms with Crippen LogP contribution in [0.15, 0.2) is 24.3 Å². The van der Waals surface area contributed by atoms with Gasteiger partial charge >= 0.3 is 12.1 Å². The first-order chi connectivity index (χ1) is 9.29. The van der Waals surface area contributed by atoms with Crippen LogP contribution in [0.25, 0.3) is 10.9 Å². The van der Waals surface area contributed by atoms with E-state index in [9.17, 15) is 18.0 Å². The molecule has 0 bridgehead atoms. The standard InChI is InChI=1S/C14H12F3NO2/c1-8-7-9(5-6-12(19)20)18-13-10(8)3-2-4-11(13)14(15,16)17/h2-4,7H,5-6H2,1H3,(H,19,20). The highest BCUT2D eigenvalue weighted by Gasteiger charge is 2.33. The number of halogens is 3. The lowest BCUT2D eigenvalue weighted by Gasteiger charge is -2.12. The predicted molar refractivity (Wildman–Crippen MR) is 67.4 cm³/mol. The molecule has 0 spiro atoms. The van der Waals surface area contributed by atoms with Gasteiger partial charge in [0, 0.05) is 17.5 Å². The number of carboxylic acid groups (broad SMARTS) is 1. The monoisotopic (exact) mass is 283 g/mol. The van der Waals surface area contributed by atoms with Gasteiger partial charge in [0.25, 0.3) is 0 Å². The second-order valence-electron chi connectivity index (χ2n) is 4.52. The molecule has 106 valence electrons. The molecule has 0 saturated carbocycles. The van der Waals surface area contributed by atoms with E-state index in [1.165, 1.54) is 6.07 Å². The highest BCUT2D eigenvalue weighted by molar-refractivity contribution is 5.85. The third kappa shape index (κ3) is 2.89. The number of aryl methyl sites for hydroxylation is 2. The molecule has 6 heteroatoms. The number of rotatable bonds is 3. The minimum Gasteiger partial charge on any atom is -0.481 e. The zero-order valence-electron chi connectivity index (χ0n) is 10.7. The number of nitrogens with zero attached hydrogens (tertiary/aromatic N) is 1. The van der Waals surface area contributed by atoms with E-state index in [1.54, 1.807) is 19.1 Å². The summed E-state index contributed by atoms with van der Waals surface area (Å²) in [6.45, 7) is 1.69. The van der Waals surface area contributed by atoms with E-state index in [2.05, 4.69) is 4.98 Å². The third-order valence-electron chi connectivity index (χ3n) is 3.00. The first kappa shape index (κ1) is 14.3. The largest absolute Gasteiger partial charge is 0.481 e. The molecule has 0 fully saturated rings. The Morgan fingerprint density at radius 2 is 2.05 bits per heavy atom. The second-order valence-corrected chi connectivity index (χ2v) is 4.52. The molecule has 0 aliphatic carbocycles. The molecule has 1 heterocycles. The van der Waals surface area contributed by atoms with Crippen LogP contribution in [0, 0.1) is 6.92 Å². The number of aromatic nitrogens is 1. The number of hydrogen-bond acceptors (Lipinski definition) is 2. The van der Waals surface area contributed by atoms with E-state index in [-0.39, 0.29) is 18.4 Å². The van der Waals surface area contributed by atoms with E-state index in [0.717, 1.165) is 6.07 Å². The Hall–Kier alpha value is -2.11. The number of para-hydroxylation sites is 1. The number of pyridine rings is 1. The first-order valence-electron chi connectivity index (χ1n) is 5.97. The van der Waals surface area contributed by atoms with E-state index >= 15 is 0 Å². The van der Waals surface area contributed by atoms with Crippen LogP contribution in [0.3, 0.4) is 0 Å². The van der Waals surface area contributed by atoms with Crippen LogP contribution in [0.2, 0.25) is 0 Å². The minimum atomic E-state index is -4.48. The highest BCUT2D eigenvalue weighted by Crippen LogP contribution is 2.34. The Kier molecular flexibility index (Phi) is 3.65. The van der Waals surface area contributed by atoms with Crippen LogP contribution in [0.5, 0.6) is 0 Å². The SMILES string of the molecule is Cc1cc(CCC(=O)O)nc2c(C(F)(F)F)cccc12. The summed E-state index contributed by atoms with van der Waals surface area (Å²) in [4.78, 5) is 14.5. The predicted octanol–water partition coefficient (Wildman–Crippen LogP) is 3.58. The fourth-order valence-electron chi connectivity index (χ4n) is 2.08. The quantitative estimate of drug-likeness (QED) is 0.936. The van der Waals surface area contributed by atoms with Crippen molar-refractivity contribution in [1.29, 1.82) is 0 Å². The van der Waals surface area contributed by atoms with E-state index in [1.807, 2.05) is 0 Å². The summed E-state index contributed by atoms with van der Waals surface area (Å²) >= 11 is 0. The maximum Gasteiger partial charge on any atom is 0.418 e. The van der Waals surface area contributed by atoms with Gasteiger partial charge in [-0.2, -0.15) is 13.2 Å². The van der Waals surface area contributed by atoms with Crippen molar-refractivity contribution >= 4 is 16.9 Å². The van der Waals surface area contributed by atoms with Crippen molar-refractivity contribution in [3.8, 4) is 0 Å². The zero-order chi connectivity index (χ0) is 14.9. The number of carbonyl (C=O) groups is 1. The number of hydrogen-bond donors (Lipinski definition) is 1. The van der Waals surface area contributed by atoms with Crippen LogP contribution in [0.1, 0.15) is 23.2 Å². The smallest absolute Gasteiger partial charge is 0.418 e. The molecule has 2 rings (SSSR count). The zero-order valence-corrected chi connectivity index (χ0v) is 10.7. The summed E-state index contributed by atoms with van der Waals surface area (Å²) < 4.78 is 38.9. The molecule has 3 nitrogen and oxygen atoms in total. The molecule has 0 aliphatic heterocycles. The summed E-state index contributed by atoms with van der Waals surface area (Å²) in [6.07, 6.45) is -4.53. The van der Waals surface area contributed by atoms with Crippen LogP contribution in [0.4, 0.5) is 13.2 Å². The molecule has 20 heavy (non-hydrogen) atoms. The van der Waals surface area contributed by atoms with Gasteiger partial charge in [-0.3, -0.25) is 9.78 Å². The Balaban J connectivity index is 2.58. The van der Waals surface area contributed by atoms with Gasteiger partial charge in [0.1, 0.15) is 0 Å². The van der Waals surface area contributed by atoms with Crippen molar-refractivity contribution in [3.05, 3.63) is 41.1 Å². The van der Waals surface area contributed by atoms with Crippen LogP contribution in [-0.4, -0.2) is 16.1 Å². The number of aliphatic carboxylic acids is 1. The Labute approximate surface area is 113 Å². The van der Waals surface area contributed by atoms with Crippen molar-refractivity contribution in [2.75, 3.05) is 0 Å². The summed E-state index contributed by atoms with van der Waals surface area (Å²) in [5.41, 5.74) is 0.0891. The maximum absolute atomic E-state index is 13.0. The van der Waals surface area contributed by atoms with Gasteiger partial charge in [-0.1, -0.05) is 12.1 Å². The third-order valence-corrected chi connectivity index (χ3v) is 3.00. The molecule has 1 N–H and O–H groups in total. The average Bonchev–Trinajstić information content (AvgIpc) is 2.34. The molecule has 2 aromatic rings. The number of benzene rings is 1. The Morgan fingerprint density at radius 3 is 2.65 bits per heavy atom. The van der Waals surface area contributed by atoms with Crippen molar-refractivity contribution < 1.29 is 23.1 Å². The fraction of sp³-hybridized carbons (Fsp3) is 0.286. The lowest BCUT2D eigenvalue weighted by molar-refractivity contribution is -0.137. The van der Waals surface area contributed by atoms with Gasteiger partial charge < -0.3 is 5.11 Å². The van der Waals surface area contributed by atoms with Crippen LogP contribution >= 0.6 is 0 Å². The van der Waals surface area contributed by atoms with Gasteiger partial charge in [0.15, 0.2) is 0 Å². The number of carboxylic acids is 1. The van der Waals surface area contributed by atoms with Crippen molar-refractivity contribution in [2.45, 2.75) is 25.9 Å². The normalized spacial score (nSPS) is 11.8. The Morgan fingerprint density at radius 1 is 1.35 bits per heavy atom. The number of fused-ring (bicyclic) bond motifs is 1. The van der Waals surface area contributed by atoms with E-state index < -0.39 is 17.7 Å². The van der Waals surface area contributed by atoms with Crippen molar-refractivity contribution in [2.24, 2.45) is 0 Å². The summed E-state index contributed by atoms with van der Waals surface area (Å²) in [5.74, 6) is -1.01. The summed E-state index contributed by atoms with van der Waals surface area (Å²) in [7, 11) is 0. The lowest BCUT2D eigenvalue weighted by Crippen LogP contribution is -2.08. The molecule has 0 unspecified atom stereocenters. The van der Waals surface area contributed by atoms with Gasteiger partial charge in [0.2, 0.25) is 0 Å².